The van der Waals surface area contributed by atoms with Crippen molar-refractivity contribution in [3.63, 3.8) is 0 Å². The largest absolute Gasteiger partial charge is 0.381 e. The first kappa shape index (κ1) is 14.2. The number of halogens is 2. The maximum Gasteiger partial charge on any atom is 0.228 e. The number of hydrogen-bond acceptors (Lipinski definition) is 2. The van der Waals surface area contributed by atoms with Crippen molar-refractivity contribution in [3.05, 3.63) is 33.3 Å². The third-order valence-electron chi connectivity index (χ3n) is 4.07. The SMILES string of the molecule is O=C([C@@H]1CCCOC1)N1CCc2cc(Cl)cc(Cl)c2C1. The van der Waals surface area contributed by atoms with Gasteiger partial charge in [-0.05, 0) is 42.5 Å². The zero-order valence-electron chi connectivity index (χ0n) is 11.2. The van der Waals surface area contributed by atoms with Crippen LogP contribution in [0.3, 0.4) is 0 Å². The number of benzene rings is 1. The maximum absolute atomic E-state index is 12.5. The van der Waals surface area contributed by atoms with E-state index in [9.17, 15) is 4.79 Å². The van der Waals surface area contributed by atoms with Gasteiger partial charge in [-0.25, -0.2) is 0 Å². The van der Waals surface area contributed by atoms with Gasteiger partial charge in [-0.3, -0.25) is 4.79 Å². The van der Waals surface area contributed by atoms with E-state index in [0.717, 1.165) is 43.5 Å². The molecule has 0 aromatic heterocycles. The first-order valence-electron chi connectivity index (χ1n) is 6.98. The summed E-state index contributed by atoms with van der Waals surface area (Å²) in [6.07, 6.45) is 2.71. The molecule has 0 spiro atoms. The molecule has 1 aromatic rings. The molecule has 0 radical (unpaired) electrons. The highest BCUT2D eigenvalue weighted by atomic mass is 35.5. The lowest BCUT2D eigenvalue weighted by Gasteiger charge is -2.33. The molecule has 108 valence electrons. The molecule has 5 heteroatoms. The molecule has 0 unspecified atom stereocenters. The molecular formula is C15H17Cl2NO2. The van der Waals surface area contributed by atoms with Gasteiger partial charge in [0.15, 0.2) is 0 Å². The molecule has 1 amide bonds. The average Bonchev–Trinajstić information content (AvgIpc) is 2.47. The smallest absolute Gasteiger partial charge is 0.228 e. The van der Waals surface area contributed by atoms with Crippen molar-refractivity contribution < 1.29 is 9.53 Å². The van der Waals surface area contributed by atoms with Crippen molar-refractivity contribution in [1.82, 2.24) is 4.90 Å². The molecule has 3 nitrogen and oxygen atoms in total. The number of rotatable bonds is 1. The molecule has 1 aromatic carbocycles. The number of hydrogen-bond donors (Lipinski definition) is 0. The third kappa shape index (κ3) is 2.80. The van der Waals surface area contributed by atoms with Gasteiger partial charge in [0, 0.05) is 29.7 Å². The normalized spacial score (nSPS) is 22.5. The minimum Gasteiger partial charge on any atom is -0.381 e. The molecule has 0 saturated carbocycles. The summed E-state index contributed by atoms with van der Waals surface area (Å²) in [5.41, 5.74) is 2.19. The van der Waals surface area contributed by atoms with Crippen LogP contribution in [0.2, 0.25) is 10.0 Å². The van der Waals surface area contributed by atoms with E-state index in [2.05, 4.69) is 0 Å². The van der Waals surface area contributed by atoms with E-state index in [4.69, 9.17) is 27.9 Å². The summed E-state index contributed by atoms with van der Waals surface area (Å²) in [6.45, 7) is 2.65. The van der Waals surface area contributed by atoms with E-state index in [1.165, 1.54) is 0 Å². The summed E-state index contributed by atoms with van der Waals surface area (Å²) in [5.74, 6) is 0.206. The third-order valence-corrected chi connectivity index (χ3v) is 4.63. The number of fused-ring (bicyclic) bond motifs is 1. The fourth-order valence-corrected chi connectivity index (χ4v) is 3.56. The highest BCUT2D eigenvalue weighted by Gasteiger charge is 2.29. The lowest BCUT2D eigenvalue weighted by molar-refractivity contribution is -0.140. The van der Waals surface area contributed by atoms with E-state index in [0.29, 0.717) is 23.2 Å². The molecule has 1 fully saturated rings. The van der Waals surface area contributed by atoms with Crippen LogP contribution < -0.4 is 0 Å². The Morgan fingerprint density at radius 3 is 2.95 bits per heavy atom. The molecule has 2 heterocycles. The number of carbonyl (C=O) groups excluding carboxylic acids is 1. The van der Waals surface area contributed by atoms with E-state index < -0.39 is 0 Å². The van der Waals surface area contributed by atoms with Gasteiger partial charge in [0.1, 0.15) is 0 Å². The average molecular weight is 314 g/mol. The predicted molar refractivity (Wildman–Crippen MR) is 79.1 cm³/mol. The van der Waals surface area contributed by atoms with Crippen LogP contribution in [-0.2, 0) is 22.5 Å². The molecule has 20 heavy (non-hydrogen) atoms. The fraction of sp³-hybridized carbons (Fsp3) is 0.533. The molecule has 2 aliphatic rings. The summed E-state index contributed by atoms with van der Waals surface area (Å²) >= 11 is 12.3. The molecule has 1 atom stereocenters. The molecule has 0 aliphatic carbocycles. The Balaban J connectivity index is 1.76. The van der Waals surface area contributed by atoms with Gasteiger partial charge in [0.2, 0.25) is 5.91 Å². The van der Waals surface area contributed by atoms with E-state index in [1.807, 2.05) is 11.0 Å². The topological polar surface area (TPSA) is 29.5 Å². The van der Waals surface area contributed by atoms with Crippen LogP contribution >= 0.6 is 23.2 Å². The highest BCUT2D eigenvalue weighted by Crippen LogP contribution is 2.31. The number of ether oxygens (including phenoxy) is 1. The van der Waals surface area contributed by atoms with Crippen molar-refractivity contribution in [3.8, 4) is 0 Å². The summed E-state index contributed by atoms with van der Waals surface area (Å²) < 4.78 is 5.41. The number of nitrogens with zero attached hydrogens (tertiary/aromatic N) is 1. The van der Waals surface area contributed by atoms with Crippen LogP contribution in [0.15, 0.2) is 12.1 Å². The quantitative estimate of drug-likeness (QED) is 0.796. The lowest BCUT2D eigenvalue weighted by Crippen LogP contribution is -2.42. The van der Waals surface area contributed by atoms with Crippen molar-refractivity contribution in [2.45, 2.75) is 25.8 Å². The lowest BCUT2D eigenvalue weighted by atomic mass is 9.96. The maximum atomic E-state index is 12.5. The van der Waals surface area contributed by atoms with Crippen molar-refractivity contribution in [2.24, 2.45) is 5.92 Å². The van der Waals surface area contributed by atoms with Crippen molar-refractivity contribution >= 4 is 29.1 Å². The van der Waals surface area contributed by atoms with E-state index in [-0.39, 0.29) is 11.8 Å². The first-order chi connectivity index (χ1) is 9.65. The zero-order chi connectivity index (χ0) is 14.1. The van der Waals surface area contributed by atoms with Gasteiger partial charge < -0.3 is 9.64 Å². The number of amides is 1. The van der Waals surface area contributed by atoms with Crippen LogP contribution in [0, 0.1) is 5.92 Å². The summed E-state index contributed by atoms with van der Waals surface area (Å²) in [7, 11) is 0. The second-order valence-corrected chi connectivity index (χ2v) is 6.29. The van der Waals surface area contributed by atoms with Gasteiger partial charge in [0.25, 0.3) is 0 Å². The van der Waals surface area contributed by atoms with Crippen molar-refractivity contribution in [1.29, 1.82) is 0 Å². The second kappa shape index (κ2) is 5.92. The van der Waals surface area contributed by atoms with Crippen LogP contribution in [-0.4, -0.2) is 30.6 Å². The Hall–Kier alpha value is -0.770. The Labute approximate surface area is 128 Å². The Bertz CT molecular complexity index is 527. The van der Waals surface area contributed by atoms with Crippen LogP contribution in [0.4, 0.5) is 0 Å². The van der Waals surface area contributed by atoms with Crippen LogP contribution in [0.1, 0.15) is 24.0 Å². The zero-order valence-corrected chi connectivity index (χ0v) is 12.7. The molecule has 1 saturated heterocycles. The number of carbonyl (C=O) groups is 1. The van der Waals surface area contributed by atoms with Crippen molar-refractivity contribution in [2.75, 3.05) is 19.8 Å². The second-order valence-electron chi connectivity index (χ2n) is 5.45. The molecule has 0 bridgehead atoms. The van der Waals surface area contributed by atoms with Gasteiger partial charge in [0.05, 0.1) is 12.5 Å². The van der Waals surface area contributed by atoms with Crippen LogP contribution in [0.5, 0.6) is 0 Å². The standard InChI is InChI=1S/C15H17Cl2NO2/c16-12-6-10-3-4-18(8-13(10)14(17)7-12)15(19)11-2-1-5-20-9-11/h6-7,11H,1-5,8-9H2/t11-/m1/s1. The Kier molecular flexibility index (Phi) is 4.20. The van der Waals surface area contributed by atoms with Gasteiger partial charge >= 0.3 is 0 Å². The summed E-state index contributed by atoms with van der Waals surface area (Å²) in [5, 5.41) is 1.32. The molecule has 2 aliphatic heterocycles. The first-order valence-corrected chi connectivity index (χ1v) is 7.74. The minimum atomic E-state index is 0.0105. The minimum absolute atomic E-state index is 0.0105. The van der Waals surface area contributed by atoms with Gasteiger partial charge in [-0.1, -0.05) is 23.2 Å². The monoisotopic (exact) mass is 313 g/mol. The molecular weight excluding hydrogens is 297 g/mol. The Morgan fingerprint density at radius 1 is 1.35 bits per heavy atom. The molecule has 0 N–H and O–H groups in total. The summed E-state index contributed by atoms with van der Waals surface area (Å²) in [6, 6.07) is 3.70. The van der Waals surface area contributed by atoms with Crippen LogP contribution in [0.25, 0.3) is 0 Å². The van der Waals surface area contributed by atoms with Gasteiger partial charge in [-0.15, -0.1) is 0 Å². The van der Waals surface area contributed by atoms with E-state index >= 15 is 0 Å². The molecule has 3 rings (SSSR count). The Morgan fingerprint density at radius 2 is 2.20 bits per heavy atom. The fourth-order valence-electron chi connectivity index (χ4n) is 2.96. The predicted octanol–water partition coefficient (Wildman–Crippen LogP) is 3.30. The van der Waals surface area contributed by atoms with E-state index in [1.54, 1.807) is 6.07 Å². The highest BCUT2D eigenvalue weighted by molar-refractivity contribution is 6.35. The summed E-state index contributed by atoms with van der Waals surface area (Å²) in [4.78, 5) is 14.4. The van der Waals surface area contributed by atoms with Gasteiger partial charge in [-0.2, -0.15) is 0 Å².